The average Bonchev–Trinajstić information content (AvgIpc) is 2.70. The van der Waals surface area contributed by atoms with Crippen LogP contribution in [-0.2, 0) is 4.74 Å². The standard InChI is InChI=1S/C12H14ClN3O2/c1-12(2,6-14)18-11(17)7-3-4-8-9(5-7)15-16-10(8)13/h3-5H,6,14H2,1-2H3,(H,15,16). The molecule has 96 valence electrons. The number of nitrogens with zero attached hydrogens (tertiary/aromatic N) is 1. The highest BCUT2D eigenvalue weighted by Gasteiger charge is 2.22. The fourth-order valence-corrected chi connectivity index (χ4v) is 1.67. The van der Waals surface area contributed by atoms with Crippen molar-refractivity contribution >= 4 is 28.5 Å². The Morgan fingerprint density at radius 2 is 2.28 bits per heavy atom. The first kappa shape index (κ1) is 12.9. The molecule has 0 unspecified atom stereocenters. The van der Waals surface area contributed by atoms with Crippen LogP contribution >= 0.6 is 11.6 Å². The largest absolute Gasteiger partial charge is 0.455 e. The maximum absolute atomic E-state index is 11.9. The van der Waals surface area contributed by atoms with E-state index < -0.39 is 11.6 Å². The summed E-state index contributed by atoms with van der Waals surface area (Å²) in [4.78, 5) is 11.9. The van der Waals surface area contributed by atoms with Gasteiger partial charge in [0.2, 0.25) is 0 Å². The van der Waals surface area contributed by atoms with Gasteiger partial charge in [-0.05, 0) is 32.0 Å². The zero-order chi connectivity index (χ0) is 13.3. The Labute approximate surface area is 109 Å². The second-order valence-electron chi connectivity index (χ2n) is 4.63. The minimum atomic E-state index is -0.683. The van der Waals surface area contributed by atoms with Crippen LogP contribution in [0.2, 0.25) is 5.15 Å². The summed E-state index contributed by atoms with van der Waals surface area (Å²) in [6.07, 6.45) is 0. The van der Waals surface area contributed by atoms with E-state index in [-0.39, 0.29) is 6.54 Å². The first-order valence-electron chi connectivity index (χ1n) is 5.50. The average molecular weight is 268 g/mol. The second kappa shape index (κ2) is 4.59. The zero-order valence-corrected chi connectivity index (χ0v) is 10.9. The van der Waals surface area contributed by atoms with Crippen LogP contribution in [0.4, 0.5) is 0 Å². The van der Waals surface area contributed by atoms with E-state index >= 15 is 0 Å². The fraction of sp³-hybridized carbons (Fsp3) is 0.333. The second-order valence-corrected chi connectivity index (χ2v) is 4.99. The van der Waals surface area contributed by atoms with E-state index in [4.69, 9.17) is 22.1 Å². The van der Waals surface area contributed by atoms with Crippen molar-refractivity contribution in [3.05, 3.63) is 28.9 Å². The molecule has 0 fully saturated rings. The minimum Gasteiger partial charge on any atom is -0.455 e. The summed E-state index contributed by atoms with van der Waals surface area (Å²) in [5.74, 6) is -0.418. The zero-order valence-electron chi connectivity index (χ0n) is 10.2. The molecule has 0 atom stereocenters. The van der Waals surface area contributed by atoms with E-state index in [1.807, 2.05) is 0 Å². The maximum Gasteiger partial charge on any atom is 0.338 e. The number of aromatic amines is 1. The van der Waals surface area contributed by atoms with Gasteiger partial charge in [0, 0.05) is 11.9 Å². The third-order valence-corrected chi connectivity index (χ3v) is 2.90. The molecule has 3 N–H and O–H groups in total. The number of fused-ring (bicyclic) bond motifs is 1. The van der Waals surface area contributed by atoms with E-state index in [0.717, 1.165) is 5.39 Å². The van der Waals surface area contributed by atoms with Crippen LogP contribution in [0.5, 0.6) is 0 Å². The Bertz CT molecular complexity index is 592. The Morgan fingerprint density at radius 3 is 2.94 bits per heavy atom. The van der Waals surface area contributed by atoms with Crippen LogP contribution in [0.15, 0.2) is 18.2 Å². The summed E-state index contributed by atoms with van der Waals surface area (Å²) in [7, 11) is 0. The van der Waals surface area contributed by atoms with Gasteiger partial charge in [0.15, 0.2) is 5.15 Å². The molecule has 0 spiro atoms. The minimum absolute atomic E-state index is 0.261. The smallest absolute Gasteiger partial charge is 0.338 e. The Hall–Kier alpha value is -1.59. The summed E-state index contributed by atoms with van der Waals surface area (Å²) in [6, 6.07) is 5.04. The lowest BCUT2D eigenvalue weighted by Crippen LogP contribution is -2.36. The molecule has 5 nitrogen and oxygen atoms in total. The van der Waals surface area contributed by atoms with E-state index in [0.29, 0.717) is 16.2 Å². The van der Waals surface area contributed by atoms with Gasteiger partial charge in [-0.2, -0.15) is 5.10 Å². The van der Waals surface area contributed by atoms with Gasteiger partial charge >= 0.3 is 5.97 Å². The highest BCUT2D eigenvalue weighted by molar-refractivity contribution is 6.34. The molecule has 0 bridgehead atoms. The summed E-state index contributed by atoms with van der Waals surface area (Å²) in [5.41, 5.74) is 5.96. The lowest BCUT2D eigenvalue weighted by atomic mass is 10.1. The Morgan fingerprint density at radius 1 is 1.56 bits per heavy atom. The van der Waals surface area contributed by atoms with Crippen molar-refractivity contribution in [1.82, 2.24) is 10.2 Å². The normalized spacial score (nSPS) is 11.8. The van der Waals surface area contributed by atoms with Gasteiger partial charge in [-0.15, -0.1) is 0 Å². The van der Waals surface area contributed by atoms with Gasteiger partial charge in [0.1, 0.15) is 5.60 Å². The molecule has 0 radical (unpaired) electrons. The first-order valence-corrected chi connectivity index (χ1v) is 5.88. The van der Waals surface area contributed by atoms with Crippen LogP contribution in [0, 0.1) is 0 Å². The molecule has 2 aromatic rings. The molecule has 0 saturated carbocycles. The van der Waals surface area contributed by atoms with Crippen molar-refractivity contribution < 1.29 is 9.53 Å². The maximum atomic E-state index is 11.9. The number of carbonyl (C=O) groups excluding carboxylic acids is 1. The van der Waals surface area contributed by atoms with E-state index in [1.165, 1.54) is 0 Å². The molecule has 0 aliphatic rings. The van der Waals surface area contributed by atoms with Gasteiger partial charge in [0.05, 0.1) is 11.1 Å². The third kappa shape index (κ3) is 2.47. The van der Waals surface area contributed by atoms with Crippen molar-refractivity contribution in [2.75, 3.05) is 6.54 Å². The van der Waals surface area contributed by atoms with Crippen LogP contribution in [0.1, 0.15) is 24.2 Å². The topological polar surface area (TPSA) is 81.0 Å². The lowest BCUT2D eigenvalue weighted by Gasteiger charge is -2.22. The lowest BCUT2D eigenvalue weighted by molar-refractivity contribution is 0.00294. The number of ether oxygens (including phenoxy) is 1. The number of hydrogen-bond acceptors (Lipinski definition) is 4. The molecule has 2 rings (SSSR count). The number of rotatable bonds is 3. The van der Waals surface area contributed by atoms with Crippen LogP contribution in [0.25, 0.3) is 10.9 Å². The molecule has 1 aromatic carbocycles. The summed E-state index contributed by atoms with van der Waals surface area (Å²) >= 11 is 5.86. The highest BCUT2D eigenvalue weighted by Crippen LogP contribution is 2.22. The number of nitrogens with one attached hydrogen (secondary N) is 1. The van der Waals surface area contributed by atoms with Crippen molar-refractivity contribution in [1.29, 1.82) is 0 Å². The van der Waals surface area contributed by atoms with Crippen LogP contribution in [-0.4, -0.2) is 28.3 Å². The third-order valence-electron chi connectivity index (χ3n) is 2.61. The number of esters is 1. The molecule has 0 saturated heterocycles. The van der Waals surface area contributed by atoms with Crippen molar-refractivity contribution in [3.8, 4) is 0 Å². The molecular formula is C12H14ClN3O2. The molecule has 6 heteroatoms. The van der Waals surface area contributed by atoms with Gasteiger partial charge in [-0.1, -0.05) is 11.6 Å². The van der Waals surface area contributed by atoms with Crippen LogP contribution < -0.4 is 5.73 Å². The molecule has 0 aliphatic heterocycles. The summed E-state index contributed by atoms with van der Waals surface area (Å²) in [5, 5.41) is 7.75. The predicted molar refractivity (Wildman–Crippen MR) is 69.7 cm³/mol. The monoisotopic (exact) mass is 267 g/mol. The van der Waals surface area contributed by atoms with E-state index in [2.05, 4.69) is 10.2 Å². The number of nitrogens with two attached hydrogens (primary N) is 1. The van der Waals surface area contributed by atoms with Crippen molar-refractivity contribution in [3.63, 3.8) is 0 Å². The highest BCUT2D eigenvalue weighted by atomic mass is 35.5. The first-order chi connectivity index (χ1) is 8.43. The number of hydrogen-bond donors (Lipinski definition) is 2. The molecule has 1 aromatic heterocycles. The number of benzene rings is 1. The van der Waals surface area contributed by atoms with Crippen molar-refractivity contribution in [2.45, 2.75) is 19.4 Å². The summed E-state index contributed by atoms with van der Waals surface area (Å²) in [6.45, 7) is 3.78. The van der Waals surface area contributed by atoms with Crippen molar-refractivity contribution in [2.24, 2.45) is 5.73 Å². The predicted octanol–water partition coefficient (Wildman–Crippen LogP) is 2.11. The number of halogens is 1. The number of H-pyrrole nitrogens is 1. The summed E-state index contributed by atoms with van der Waals surface area (Å²) < 4.78 is 5.30. The van der Waals surface area contributed by atoms with Gasteiger partial charge < -0.3 is 10.5 Å². The Balaban J connectivity index is 2.28. The molecule has 1 heterocycles. The Kier molecular flexibility index (Phi) is 3.28. The fourth-order valence-electron chi connectivity index (χ4n) is 1.46. The number of aromatic nitrogens is 2. The SMILES string of the molecule is CC(C)(CN)OC(=O)c1ccc2c(Cl)n[nH]c2c1. The molecule has 0 aliphatic carbocycles. The van der Waals surface area contributed by atoms with E-state index in [1.54, 1.807) is 32.0 Å². The van der Waals surface area contributed by atoms with E-state index in [9.17, 15) is 4.79 Å². The van der Waals surface area contributed by atoms with Gasteiger partial charge in [-0.3, -0.25) is 5.10 Å². The quantitative estimate of drug-likeness (QED) is 0.835. The number of carbonyl (C=O) groups is 1. The van der Waals surface area contributed by atoms with Crippen LogP contribution in [0.3, 0.4) is 0 Å². The van der Waals surface area contributed by atoms with Gasteiger partial charge in [0.25, 0.3) is 0 Å². The molecule has 18 heavy (non-hydrogen) atoms. The van der Waals surface area contributed by atoms with Gasteiger partial charge in [-0.25, -0.2) is 4.79 Å². The molecular weight excluding hydrogens is 254 g/mol. The molecule has 0 amide bonds.